The van der Waals surface area contributed by atoms with Gasteiger partial charge in [0.1, 0.15) is 5.82 Å². The third-order valence-electron chi connectivity index (χ3n) is 2.51. The second-order valence-electron chi connectivity index (χ2n) is 4.23. The van der Waals surface area contributed by atoms with Crippen molar-refractivity contribution in [2.45, 2.75) is 20.3 Å². The zero-order valence-corrected chi connectivity index (χ0v) is 11.4. The third kappa shape index (κ3) is 3.53. The van der Waals surface area contributed by atoms with E-state index >= 15 is 0 Å². The van der Waals surface area contributed by atoms with Crippen LogP contribution in [0.5, 0.6) is 6.01 Å². The smallest absolute Gasteiger partial charge is 0.323 e. The first-order chi connectivity index (χ1) is 9.58. The van der Waals surface area contributed by atoms with Gasteiger partial charge in [0.25, 0.3) is 0 Å². The van der Waals surface area contributed by atoms with Crippen molar-refractivity contribution < 1.29 is 9.13 Å². The molecule has 7 heteroatoms. The van der Waals surface area contributed by atoms with E-state index in [1.165, 1.54) is 12.1 Å². The van der Waals surface area contributed by atoms with Gasteiger partial charge in [-0.2, -0.15) is 15.0 Å². The fraction of sp³-hybridized carbons (Fsp3) is 0.308. The average Bonchev–Trinajstić information content (AvgIpc) is 2.40. The summed E-state index contributed by atoms with van der Waals surface area (Å²) in [5.74, 6) is -0.0810. The Labute approximate surface area is 116 Å². The second kappa shape index (κ2) is 6.14. The monoisotopic (exact) mass is 277 g/mol. The maximum atomic E-state index is 13.2. The van der Waals surface area contributed by atoms with E-state index < -0.39 is 0 Å². The first-order valence-corrected chi connectivity index (χ1v) is 6.26. The summed E-state index contributed by atoms with van der Waals surface area (Å²) in [5, 5.41) is 2.91. The number of nitrogen functional groups attached to an aromatic ring is 1. The quantitative estimate of drug-likeness (QED) is 0.873. The summed E-state index contributed by atoms with van der Waals surface area (Å²) >= 11 is 0. The van der Waals surface area contributed by atoms with Crippen molar-refractivity contribution in [3.8, 4) is 6.01 Å². The molecule has 1 aromatic heterocycles. The third-order valence-corrected chi connectivity index (χ3v) is 2.51. The molecule has 0 saturated carbocycles. The summed E-state index contributed by atoms with van der Waals surface area (Å²) in [6, 6.07) is 4.56. The number of halogens is 1. The van der Waals surface area contributed by atoms with Crippen LogP contribution in [0.4, 0.5) is 22.0 Å². The molecule has 0 unspecified atom stereocenters. The number of nitrogens with two attached hydrogens (primary N) is 1. The lowest BCUT2D eigenvalue weighted by atomic mass is 10.2. The predicted octanol–water partition coefficient (Wildman–Crippen LogP) is 2.43. The molecule has 0 amide bonds. The van der Waals surface area contributed by atoms with E-state index in [2.05, 4.69) is 20.3 Å². The zero-order valence-electron chi connectivity index (χ0n) is 11.4. The molecule has 0 aliphatic heterocycles. The molecule has 0 fully saturated rings. The lowest BCUT2D eigenvalue weighted by Crippen LogP contribution is -2.08. The first kappa shape index (κ1) is 14.0. The number of nitrogens with one attached hydrogen (secondary N) is 1. The molecule has 106 valence electrons. The number of anilines is 3. The molecule has 1 heterocycles. The molecular weight excluding hydrogens is 261 g/mol. The fourth-order valence-electron chi connectivity index (χ4n) is 1.54. The molecule has 0 aliphatic carbocycles. The Balaban J connectivity index is 2.24. The van der Waals surface area contributed by atoms with E-state index in [0.29, 0.717) is 12.3 Å². The van der Waals surface area contributed by atoms with Crippen molar-refractivity contribution in [1.29, 1.82) is 0 Å². The molecule has 0 spiro atoms. The van der Waals surface area contributed by atoms with Crippen LogP contribution < -0.4 is 15.8 Å². The van der Waals surface area contributed by atoms with Gasteiger partial charge in [-0.3, -0.25) is 0 Å². The number of ether oxygens (including phenoxy) is 1. The van der Waals surface area contributed by atoms with Crippen molar-refractivity contribution in [1.82, 2.24) is 15.0 Å². The Kier molecular flexibility index (Phi) is 4.29. The van der Waals surface area contributed by atoms with Crippen LogP contribution in [0.3, 0.4) is 0 Å². The van der Waals surface area contributed by atoms with Crippen LogP contribution in [0.15, 0.2) is 18.2 Å². The minimum Gasteiger partial charge on any atom is -0.463 e. The van der Waals surface area contributed by atoms with Crippen molar-refractivity contribution in [3.05, 3.63) is 29.6 Å². The summed E-state index contributed by atoms with van der Waals surface area (Å²) in [6.07, 6.45) is 0.831. The Morgan fingerprint density at radius 1 is 1.30 bits per heavy atom. The Hall–Kier alpha value is -2.44. The van der Waals surface area contributed by atoms with Gasteiger partial charge in [0.2, 0.25) is 11.9 Å². The molecule has 0 bridgehead atoms. The van der Waals surface area contributed by atoms with Gasteiger partial charge in [0.15, 0.2) is 0 Å². The summed E-state index contributed by atoms with van der Waals surface area (Å²) in [7, 11) is 0. The lowest BCUT2D eigenvalue weighted by Gasteiger charge is -2.09. The van der Waals surface area contributed by atoms with E-state index in [9.17, 15) is 4.39 Å². The molecule has 20 heavy (non-hydrogen) atoms. The van der Waals surface area contributed by atoms with E-state index in [0.717, 1.165) is 12.0 Å². The molecule has 3 N–H and O–H groups in total. The topological polar surface area (TPSA) is 86.0 Å². The minimum absolute atomic E-state index is 0.0441. The molecule has 0 radical (unpaired) electrons. The second-order valence-corrected chi connectivity index (χ2v) is 4.23. The number of hydrogen-bond donors (Lipinski definition) is 2. The zero-order chi connectivity index (χ0) is 14.5. The maximum Gasteiger partial charge on any atom is 0.323 e. The highest BCUT2D eigenvalue weighted by molar-refractivity contribution is 5.58. The number of aryl methyl sites for hydroxylation is 1. The van der Waals surface area contributed by atoms with Crippen molar-refractivity contribution in [2.24, 2.45) is 0 Å². The number of benzene rings is 1. The van der Waals surface area contributed by atoms with Crippen LogP contribution in [0, 0.1) is 12.7 Å². The van der Waals surface area contributed by atoms with E-state index in [1.807, 2.05) is 13.8 Å². The van der Waals surface area contributed by atoms with E-state index in [4.69, 9.17) is 10.5 Å². The summed E-state index contributed by atoms with van der Waals surface area (Å²) in [4.78, 5) is 11.9. The number of hydrogen-bond acceptors (Lipinski definition) is 6. The number of rotatable bonds is 5. The maximum absolute atomic E-state index is 13.2. The lowest BCUT2D eigenvalue weighted by molar-refractivity contribution is 0.292. The van der Waals surface area contributed by atoms with Gasteiger partial charge >= 0.3 is 6.01 Å². The van der Waals surface area contributed by atoms with Crippen LogP contribution >= 0.6 is 0 Å². The van der Waals surface area contributed by atoms with Crippen LogP contribution in [-0.2, 0) is 0 Å². The van der Waals surface area contributed by atoms with E-state index in [1.54, 1.807) is 6.07 Å². The van der Waals surface area contributed by atoms with Gasteiger partial charge in [0.05, 0.1) is 6.61 Å². The summed E-state index contributed by atoms with van der Waals surface area (Å²) < 4.78 is 18.5. The standard InChI is InChI=1S/C13H16FN5O/c1-3-6-20-13-18-11(15)17-12(19-13)16-10-7-9(14)5-4-8(10)2/h4-5,7H,3,6H2,1-2H3,(H3,15,16,17,18,19). The molecule has 2 aromatic rings. The highest BCUT2D eigenvalue weighted by Crippen LogP contribution is 2.20. The molecule has 0 aliphatic rings. The molecule has 6 nitrogen and oxygen atoms in total. The highest BCUT2D eigenvalue weighted by Gasteiger charge is 2.07. The Morgan fingerprint density at radius 3 is 2.85 bits per heavy atom. The first-order valence-electron chi connectivity index (χ1n) is 6.26. The van der Waals surface area contributed by atoms with Gasteiger partial charge < -0.3 is 15.8 Å². The normalized spacial score (nSPS) is 10.3. The molecular formula is C13H16FN5O. The average molecular weight is 277 g/mol. The van der Waals surface area contributed by atoms with Crippen LogP contribution in [-0.4, -0.2) is 21.6 Å². The summed E-state index contributed by atoms with van der Waals surface area (Å²) in [6.45, 7) is 4.31. The fourth-order valence-corrected chi connectivity index (χ4v) is 1.54. The SMILES string of the molecule is CCCOc1nc(N)nc(Nc2cc(F)ccc2C)n1. The van der Waals surface area contributed by atoms with Crippen molar-refractivity contribution >= 4 is 17.6 Å². The highest BCUT2D eigenvalue weighted by atomic mass is 19.1. The molecule has 0 atom stereocenters. The minimum atomic E-state index is -0.345. The number of nitrogens with zero attached hydrogens (tertiary/aromatic N) is 3. The summed E-state index contributed by atoms with van der Waals surface area (Å²) in [5.41, 5.74) is 7.03. The number of aromatic nitrogens is 3. The molecule has 2 rings (SSSR count). The van der Waals surface area contributed by atoms with Crippen LogP contribution in [0.25, 0.3) is 0 Å². The Bertz CT molecular complexity index is 605. The van der Waals surface area contributed by atoms with Gasteiger partial charge in [-0.15, -0.1) is 0 Å². The predicted molar refractivity (Wildman–Crippen MR) is 74.4 cm³/mol. The van der Waals surface area contributed by atoms with Gasteiger partial charge in [-0.05, 0) is 31.0 Å². The van der Waals surface area contributed by atoms with Gasteiger partial charge in [-0.1, -0.05) is 13.0 Å². The van der Waals surface area contributed by atoms with Crippen LogP contribution in [0.2, 0.25) is 0 Å². The van der Waals surface area contributed by atoms with E-state index in [-0.39, 0.29) is 23.7 Å². The Morgan fingerprint density at radius 2 is 2.10 bits per heavy atom. The van der Waals surface area contributed by atoms with Gasteiger partial charge in [0, 0.05) is 5.69 Å². The molecule has 0 saturated heterocycles. The van der Waals surface area contributed by atoms with Gasteiger partial charge in [-0.25, -0.2) is 4.39 Å². The van der Waals surface area contributed by atoms with Crippen LogP contribution in [0.1, 0.15) is 18.9 Å². The largest absolute Gasteiger partial charge is 0.463 e. The molecule has 1 aromatic carbocycles. The van der Waals surface area contributed by atoms with Crippen molar-refractivity contribution in [2.75, 3.05) is 17.7 Å². The van der Waals surface area contributed by atoms with Crippen molar-refractivity contribution in [3.63, 3.8) is 0 Å².